The Labute approximate surface area is 178 Å². The first-order chi connectivity index (χ1) is 13.3. The molecule has 2 heterocycles. The summed E-state index contributed by atoms with van der Waals surface area (Å²) in [4.78, 5) is 27.3. The summed E-state index contributed by atoms with van der Waals surface area (Å²) in [5.74, 6) is 0.482. The molecule has 1 amide bonds. The van der Waals surface area contributed by atoms with E-state index in [4.69, 9.17) is 39.5 Å². The molecule has 28 heavy (non-hydrogen) atoms. The molecule has 146 valence electrons. The van der Waals surface area contributed by atoms with Crippen molar-refractivity contribution in [2.75, 3.05) is 13.1 Å². The number of ketones is 1. The fourth-order valence-electron chi connectivity index (χ4n) is 3.94. The second kappa shape index (κ2) is 7.25. The number of piperidine rings is 1. The Kier molecular flexibility index (Phi) is 5.07. The highest BCUT2D eigenvalue weighted by molar-refractivity contribution is 6.35. The monoisotopic (exact) mass is 437 g/mol. The molecule has 0 radical (unpaired) electrons. The normalized spacial score (nSPS) is 18.0. The van der Waals surface area contributed by atoms with Crippen molar-refractivity contribution in [3.05, 3.63) is 62.1 Å². The molecular weight excluding hydrogens is 421 g/mol. The zero-order valence-corrected chi connectivity index (χ0v) is 17.5. The molecule has 0 saturated carbocycles. The van der Waals surface area contributed by atoms with Crippen molar-refractivity contribution in [3.8, 4) is 5.75 Å². The smallest absolute Gasteiger partial charge is 0.255 e. The Morgan fingerprint density at radius 2 is 1.79 bits per heavy atom. The predicted molar refractivity (Wildman–Crippen MR) is 110 cm³/mol. The van der Waals surface area contributed by atoms with Crippen molar-refractivity contribution in [2.45, 2.75) is 31.8 Å². The van der Waals surface area contributed by atoms with E-state index in [1.165, 1.54) is 0 Å². The second-order valence-electron chi connectivity index (χ2n) is 7.40. The standard InChI is InChI=1S/C21H18Cl3NO3/c1-12-8-14(23)10-16-18(26)11-21(28-19(12)16)4-6-25(7-5-21)20(27)15-9-13(22)2-3-17(15)24/h2-3,8-10H,4-7,11H2,1H3. The van der Waals surface area contributed by atoms with Gasteiger partial charge < -0.3 is 9.64 Å². The van der Waals surface area contributed by atoms with E-state index in [1.54, 1.807) is 35.2 Å². The highest BCUT2D eigenvalue weighted by Crippen LogP contribution is 2.42. The summed E-state index contributed by atoms with van der Waals surface area (Å²) in [6.07, 6.45) is 1.44. The summed E-state index contributed by atoms with van der Waals surface area (Å²) in [7, 11) is 0. The molecule has 0 aliphatic carbocycles. The second-order valence-corrected chi connectivity index (χ2v) is 8.68. The zero-order valence-electron chi connectivity index (χ0n) is 15.2. The Morgan fingerprint density at radius 1 is 1.07 bits per heavy atom. The number of halogens is 3. The van der Waals surface area contributed by atoms with E-state index in [2.05, 4.69) is 0 Å². The molecule has 1 fully saturated rings. The first-order valence-electron chi connectivity index (χ1n) is 9.05. The van der Waals surface area contributed by atoms with Gasteiger partial charge in [-0.1, -0.05) is 34.8 Å². The number of benzene rings is 2. The molecule has 0 atom stereocenters. The summed E-state index contributed by atoms with van der Waals surface area (Å²) in [5.41, 5.74) is 1.19. The lowest BCUT2D eigenvalue weighted by atomic mass is 9.82. The summed E-state index contributed by atoms with van der Waals surface area (Å²) < 4.78 is 6.33. The van der Waals surface area contributed by atoms with Gasteiger partial charge in [-0.2, -0.15) is 0 Å². The van der Waals surface area contributed by atoms with Crippen LogP contribution in [0, 0.1) is 6.92 Å². The van der Waals surface area contributed by atoms with Crippen molar-refractivity contribution in [1.29, 1.82) is 0 Å². The average Bonchev–Trinajstić information content (AvgIpc) is 2.65. The van der Waals surface area contributed by atoms with Gasteiger partial charge in [0.15, 0.2) is 5.78 Å². The van der Waals surface area contributed by atoms with Crippen molar-refractivity contribution >= 4 is 46.5 Å². The summed E-state index contributed by atoms with van der Waals surface area (Å²) in [6, 6.07) is 8.32. The minimum absolute atomic E-state index is 0.0320. The number of hydrogen-bond donors (Lipinski definition) is 0. The van der Waals surface area contributed by atoms with Gasteiger partial charge in [-0.25, -0.2) is 0 Å². The molecule has 1 spiro atoms. The Hall–Kier alpha value is -1.75. The first-order valence-corrected chi connectivity index (χ1v) is 10.2. The third-order valence-electron chi connectivity index (χ3n) is 5.46. The number of fused-ring (bicyclic) bond motifs is 1. The molecular formula is C21H18Cl3NO3. The highest BCUT2D eigenvalue weighted by Gasteiger charge is 2.44. The molecule has 0 unspecified atom stereocenters. The SMILES string of the molecule is Cc1cc(Cl)cc2c1OC1(CCN(C(=O)c3cc(Cl)ccc3Cl)CC1)CC2=O. The third-order valence-corrected chi connectivity index (χ3v) is 6.24. The van der Waals surface area contributed by atoms with E-state index in [1.807, 2.05) is 6.92 Å². The van der Waals surface area contributed by atoms with Crippen molar-refractivity contribution < 1.29 is 14.3 Å². The Morgan fingerprint density at radius 3 is 2.50 bits per heavy atom. The van der Waals surface area contributed by atoms with Gasteiger partial charge in [-0.3, -0.25) is 9.59 Å². The number of nitrogens with zero attached hydrogens (tertiary/aromatic N) is 1. The number of carbonyl (C=O) groups excluding carboxylic acids is 2. The van der Waals surface area contributed by atoms with Crippen LogP contribution in [0.1, 0.15) is 45.5 Å². The first kappa shape index (κ1) is 19.6. The maximum atomic E-state index is 12.9. The molecule has 4 rings (SSSR count). The fraction of sp³-hybridized carbons (Fsp3) is 0.333. The topological polar surface area (TPSA) is 46.6 Å². The maximum Gasteiger partial charge on any atom is 0.255 e. The van der Waals surface area contributed by atoms with Gasteiger partial charge in [0.1, 0.15) is 11.4 Å². The van der Waals surface area contributed by atoms with Crippen LogP contribution in [0.4, 0.5) is 0 Å². The van der Waals surface area contributed by atoms with E-state index in [9.17, 15) is 9.59 Å². The minimum atomic E-state index is -0.586. The Bertz CT molecular complexity index is 981. The van der Waals surface area contributed by atoms with Gasteiger partial charge >= 0.3 is 0 Å². The minimum Gasteiger partial charge on any atom is -0.486 e. The van der Waals surface area contributed by atoms with Gasteiger partial charge in [0.25, 0.3) is 5.91 Å². The molecule has 2 aliphatic rings. The summed E-state index contributed by atoms with van der Waals surface area (Å²) in [6.45, 7) is 2.85. The number of Topliss-reactive ketones (excluding diaryl/α,β-unsaturated/α-hetero) is 1. The van der Waals surface area contributed by atoms with Gasteiger partial charge in [0.05, 0.1) is 22.6 Å². The van der Waals surface area contributed by atoms with Gasteiger partial charge in [0.2, 0.25) is 0 Å². The maximum absolute atomic E-state index is 12.9. The van der Waals surface area contributed by atoms with Gasteiger partial charge in [-0.15, -0.1) is 0 Å². The lowest BCUT2D eigenvalue weighted by molar-refractivity contribution is -0.00616. The van der Waals surface area contributed by atoms with Crippen LogP contribution in [0.2, 0.25) is 15.1 Å². The number of hydrogen-bond acceptors (Lipinski definition) is 3. The number of aryl methyl sites for hydroxylation is 1. The number of carbonyl (C=O) groups is 2. The molecule has 0 N–H and O–H groups in total. The van der Waals surface area contributed by atoms with Gasteiger partial charge in [0, 0.05) is 36.0 Å². The molecule has 1 saturated heterocycles. The largest absolute Gasteiger partial charge is 0.486 e. The summed E-state index contributed by atoms with van der Waals surface area (Å²) >= 11 is 18.3. The number of ether oxygens (including phenoxy) is 1. The van der Waals surface area contributed by atoms with Crippen LogP contribution in [0.15, 0.2) is 30.3 Å². The molecule has 4 nitrogen and oxygen atoms in total. The van der Waals surface area contributed by atoms with E-state index < -0.39 is 5.60 Å². The lowest BCUT2D eigenvalue weighted by Gasteiger charge is -2.44. The van der Waals surface area contributed by atoms with Gasteiger partial charge in [-0.05, 0) is 42.8 Å². The number of amides is 1. The highest BCUT2D eigenvalue weighted by atomic mass is 35.5. The van der Waals surface area contributed by atoms with Crippen LogP contribution in [-0.4, -0.2) is 35.3 Å². The zero-order chi connectivity index (χ0) is 20.1. The third kappa shape index (κ3) is 3.49. The van der Waals surface area contributed by atoms with Crippen LogP contribution in [-0.2, 0) is 0 Å². The van der Waals surface area contributed by atoms with Crippen molar-refractivity contribution in [1.82, 2.24) is 4.90 Å². The van der Waals surface area contributed by atoms with Crippen LogP contribution < -0.4 is 4.74 Å². The molecule has 2 aromatic rings. The van der Waals surface area contributed by atoms with Crippen LogP contribution in [0.25, 0.3) is 0 Å². The summed E-state index contributed by atoms with van der Waals surface area (Å²) in [5, 5.41) is 1.37. The molecule has 7 heteroatoms. The van der Waals surface area contributed by atoms with E-state index in [-0.39, 0.29) is 11.7 Å². The molecule has 2 aliphatic heterocycles. The van der Waals surface area contributed by atoms with Crippen LogP contribution in [0.3, 0.4) is 0 Å². The molecule has 0 bridgehead atoms. The van der Waals surface area contributed by atoms with E-state index >= 15 is 0 Å². The predicted octanol–water partition coefficient (Wildman–Crippen LogP) is 5.60. The van der Waals surface area contributed by atoms with E-state index in [0.717, 1.165) is 5.56 Å². The van der Waals surface area contributed by atoms with Crippen molar-refractivity contribution in [2.24, 2.45) is 0 Å². The molecule has 0 aromatic heterocycles. The van der Waals surface area contributed by atoms with E-state index in [0.29, 0.717) is 64.3 Å². The average molecular weight is 439 g/mol. The lowest BCUT2D eigenvalue weighted by Crippen LogP contribution is -2.52. The van der Waals surface area contributed by atoms with Crippen LogP contribution in [0.5, 0.6) is 5.75 Å². The van der Waals surface area contributed by atoms with Crippen LogP contribution >= 0.6 is 34.8 Å². The quantitative estimate of drug-likeness (QED) is 0.582. The van der Waals surface area contributed by atoms with Crippen molar-refractivity contribution in [3.63, 3.8) is 0 Å². The Balaban J connectivity index is 1.53. The number of likely N-dealkylation sites (tertiary alicyclic amines) is 1. The number of rotatable bonds is 1. The molecule has 2 aromatic carbocycles. The fourth-order valence-corrected chi connectivity index (χ4v) is 4.58.